The molecule has 0 radical (unpaired) electrons. The molecule has 0 heterocycles. The zero-order chi connectivity index (χ0) is 45.8. The number of hydrogen-bond donors (Lipinski definition) is 0. The van der Waals surface area contributed by atoms with E-state index in [4.69, 9.17) is 14.2 Å². The van der Waals surface area contributed by atoms with Crippen molar-refractivity contribution in [3.05, 3.63) is 109 Å². The van der Waals surface area contributed by atoms with Gasteiger partial charge in [-0.15, -0.1) is 0 Å². The Balaban J connectivity index is 4.50. The third kappa shape index (κ3) is 49.0. The van der Waals surface area contributed by atoms with E-state index in [-0.39, 0.29) is 31.1 Å². The van der Waals surface area contributed by atoms with Gasteiger partial charge in [0.25, 0.3) is 0 Å². The maximum Gasteiger partial charge on any atom is 0.306 e. The number of ether oxygens (including phenoxy) is 3. The minimum Gasteiger partial charge on any atom is -0.462 e. The smallest absolute Gasteiger partial charge is 0.306 e. The minimum atomic E-state index is -0.805. The van der Waals surface area contributed by atoms with Gasteiger partial charge in [0.2, 0.25) is 0 Å². The van der Waals surface area contributed by atoms with Crippen LogP contribution in [-0.4, -0.2) is 37.2 Å². The molecule has 63 heavy (non-hydrogen) atoms. The number of rotatable bonds is 44. The number of carbonyl (C=O) groups excluding carboxylic acids is 3. The summed E-state index contributed by atoms with van der Waals surface area (Å²) in [6.45, 7) is 6.37. The molecule has 356 valence electrons. The van der Waals surface area contributed by atoms with Crippen LogP contribution in [0.2, 0.25) is 0 Å². The lowest BCUT2D eigenvalue weighted by molar-refractivity contribution is -0.167. The summed E-state index contributed by atoms with van der Waals surface area (Å²) in [4.78, 5) is 38.0. The van der Waals surface area contributed by atoms with Crippen molar-refractivity contribution in [2.75, 3.05) is 13.2 Å². The summed E-state index contributed by atoms with van der Waals surface area (Å²) in [5.41, 5.74) is 0. The van der Waals surface area contributed by atoms with Crippen LogP contribution in [0, 0.1) is 0 Å². The maximum atomic E-state index is 12.8. The first kappa shape index (κ1) is 59.1. The van der Waals surface area contributed by atoms with Crippen molar-refractivity contribution < 1.29 is 28.6 Å². The Morgan fingerprint density at radius 1 is 0.333 bits per heavy atom. The first-order valence-electron chi connectivity index (χ1n) is 25.5. The summed E-state index contributed by atoms with van der Waals surface area (Å²) in [5.74, 6) is -0.964. The SMILES string of the molecule is CC\C=C/C=C\C=C/C=C\CCCCCCCC(=O)OC(COC(=O)CCCCCCC\C=C/C=C\C=C/C=C\CCCCC)COC(=O)CCCCCCC/C=C\CCCCC. The highest BCUT2D eigenvalue weighted by atomic mass is 16.6. The van der Waals surface area contributed by atoms with Crippen molar-refractivity contribution in [3.8, 4) is 0 Å². The van der Waals surface area contributed by atoms with Gasteiger partial charge in [0.05, 0.1) is 0 Å². The standard InChI is InChI=1S/C57H92O6/c1-4-7-10-13-16-19-22-25-27-28-29-31-32-35-38-41-44-47-50-56(59)62-53-54(52-61-55(58)49-46-43-40-37-34-24-21-18-15-12-9-6-3)63-57(60)51-48-45-42-39-36-33-30-26-23-20-17-14-11-8-5-2/h8,11,14,16-23,25-31,54H,4-7,9-10,12-13,15,24,32-53H2,1-3H3/b11-8-,17-14-,19-16-,21-18-,23-20-,25-22-,28-27-,30-26-,31-29-. The second kappa shape index (κ2) is 50.7. The second-order valence-electron chi connectivity index (χ2n) is 16.5. The van der Waals surface area contributed by atoms with Gasteiger partial charge in [0, 0.05) is 19.3 Å². The first-order chi connectivity index (χ1) is 31.0. The van der Waals surface area contributed by atoms with Gasteiger partial charge in [-0.25, -0.2) is 0 Å². The van der Waals surface area contributed by atoms with Crippen LogP contribution in [0.5, 0.6) is 0 Å². The normalized spacial score (nSPS) is 13.0. The molecule has 0 aromatic rings. The molecule has 0 saturated carbocycles. The van der Waals surface area contributed by atoms with E-state index in [1.165, 1.54) is 51.4 Å². The summed E-state index contributed by atoms with van der Waals surface area (Å²) in [5, 5.41) is 0. The Morgan fingerprint density at radius 3 is 1.02 bits per heavy atom. The topological polar surface area (TPSA) is 78.9 Å². The number of esters is 3. The highest BCUT2D eigenvalue weighted by Crippen LogP contribution is 2.13. The molecule has 0 aromatic carbocycles. The molecule has 0 bridgehead atoms. The van der Waals surface area contributed by atoms with E-state index < -0.39 is 6.10 Å². The van der Waals surface area contributed by atoms with E-state index in [9.17, 15) is 14.4 Å². The van der Waals surface area contributed by atoms with Crippen LogP contribution in [0.3, 0.4) is 0 Å². The average molecular weight is 873 g/mol. The van der Waals surface area contributed by atoms with Crippen molar-refractivity contribution in [2.45, 2.75) is 219 Å². The van der Waals surface area contributed by atoms with Gasteiger partial charge in [-0.1, -0.05) is 214 Å². The van der Waals surface area contributed by atoms with Gasteiger partial charge in [-0.2, -0.15) is 0 Å². The fourth-order valence-electron chi connectivity index (χ4n) is 6.57. The largest absolute Gasteiger partial charge is 0.462 e. The number of allylic oxidation sites excluding steroid dienone is 18. The van der Waals surface area contributed by atoms with E-state index in [2.05, 4.69) is 106 Å². The van der Waals surface area contributed by atoms with E-state index in [1.807, 2.05) is 24.3 Å². The second-order valence-corrected chi connectivity index (χ2v) is 16.5. The molecule has 6 heteroatoms. The molecule has 6 nitrogen and oxygen atoms in total. The predicted molar refractivity (Wildman–Crippen MR) is 270 cm³/mol. The Kier molecular flexibility index (Phi) is 47.5. The zero-order valence-electron chi connectivity index (χ0n) is 40.5. The monoisotopic (exact) mass is 873 g/mol. The molecule has 0 aromatic heterocycles. The van der Waals surface area contributed by atoms with Crippen molar-refractivity contribution in [2.24, 2.45) is 0 Å². The van der Waals surface area contributed by atoms with Crippen molar-refractivity contribution >= 4 is 17.9 Å². The lowest BCUT2D eigenvalue weighted by Gasteiger charge is -2.18. The van der Waals surface area contributed by atoms with Crippen LogP contribution in [0.15, 0.2) is 109 Å². The zero-order valence-corrected chi connectivity index (χ0v) is 40.5. The molecule has 0 amide bonds. The predicted octanol–water partition coefficient (Wildman–Crippen LogP) is 16.8. The molecule has 0 N–H and O–H groups in total. The molecule has 1 atom stereocenters. The van der Waals surface area contributed by atoms with Crippen LogP contribution in [0.4, 0.5) is 0 Å². The summed E-state index contributed by atoms with van der Waals surface area (Å²) in [6.07, 6.45) is 67.7. The van der Waals surface area contributed by atoms with Crippen molar-refractivity contribution in [1.82, 2.24) is 0 Å². The van der Waals surface area contributed by atoms with Crippen LogP contribution in [-0.2, 0) is 28.6 Å². The summed E-state index contributed by atoms with van der Waals surface area (Å²) in [6, 6.07) is 0. The Labute approximate surface area is 387 Å². The number of carbonyl (C=O) groups is 3. The van der Waals surface area contributed by atoms with Gasteiger partial charge in [0.1, 0.15) is 13.2 Å². The number of hydrogen-bond acceptors (Lipinski definition) is 6. The molecule has 0 aliphatic carbocycles. The Bertz CT molecular complexity index is 1330. The average Bonchev–Trinajstić information content (AvgIpc) is 3.28. The molecule has 0 saturated heterocycles. The van der Waals surface area contributed by atoms with Crippen LogP contribution in [0.1, 0.15) is 213 Å². The molecule has 0 spiro atoms. The van der Waals surface area contributed by atoms with Gasteiger partial charge in [-0.3, -0.25) is 14.4 Å². The van der Waals surface area contributed by atoms with Gasteiger partial charge >= 0.3 is 17.9 Å². The Hall–Kier alpha value is -3.93. The molecule has 0 fully saturated rings. The quantitative estimate of drug-likeness (QED) is 0.0199. The van der Waals surface area contributed by atoms with E-state index in [0.29, 0.717) is 19.3 Å². The highest BCUT2D eigenvalue weighted by Gasteiger charge is 2.19. The molecule has 0 aliphatic rings. The van der Waals surface area contributed by atoms with Crippen LogP contribution >= 0.6 is 0 Å². The maximum absolute atomic E-state index is 12.8. The number of unbranched alkanes of at least 4 members (excludes halogenated alkanes) is 21. The van der Waals surface area contributed by atoms with Gasteiger partial charge in [-0.05, 0) is 89.9 Å². The van der Waals surface area contributed by atoms with Gasteiger partial charge in [0.15, 0.2) is 6.10 Å². The van der Waals surface area contributed by atoms with Crippen LogP contribution < -0.4 is 0 Å². The lowest BCUT2D eigenvalue weighted by atomic mass is 10.1. The highest BCUT2D eigenvalue weighted by molar-refractivity contribution is 5.71. The third-order valence-corrected chi connectivity index (χ3v) is 10.4. The summed E-state index contributed by atoms with van der Waals surface area (Å²) >= 11 is 0. The fourth-order valence-corrected chi connectivity index (χ4v) is 6.57. The van der Waals surface area contributed by atoms with Crippen LogP contribution in [0.25, 0.3) is 0 Å². The lowest BCUT2D eigenvalue weighted by Crippen LogP contribution is -2.30. The fraction of sp³-hybridized carbons (Fsp3) is 0.632. The van der Waals surface area contributed by atoms with E-state index >= 15 is 0 Å². The van der Waals surface area contributed by atoms with E-state index in [1.54, 1.807) is 0 Å². The summed E-state index contributed by atoms with van der Waals surface area (Å²) < 4.78 is 16.7. The molecular formula is C57H92O6. The van der Waals surface area contributed by atoms with Gasteiger partial charge < -0.3 is 14.2 Å². The van der Waals surface area contributed by atoms with Crippen molar-refractivity contribution in [1.29, 1.82) is 0 Å². The third-order valence-electron chi connectivity index (χ3n) is 10.4. The molecule has 0 aliphatic heterocycles. The minimum absolute atomic E-state index is 0.102. The molecular weight excluding hydrogens is 781 g/mol. The molecule has 0 rings (SSSR count). The van der Waals surface area contributed by atoms with E-state index in [0.717, 1.165) is 122 Å². The summed E-state index contributed by atoms with van der Waals surface area (Å²) in [7, 11) is 0. The Morgan fingerprint density at radius 2 is 0.635 bits per heavy atom. The first-order valence-corrected chi connectivity index (χ1v) is 25.5. The molecule has 1 unspecified atom stereocenters. The van der Waals surface area contributed by atoms with Crippen molar-refractivity contribution in [3.63, 3.8) is 0 Å².